The van der Waals surface area contributed by atoms with Crippen molar-refractivity contribution < 1.29 is 34.2 Å². The van der Waals surface area contributed by atoms with Crippen molar-refractivity contribution in [3.8, 4) is 12.0 Å². The van der Waals surface area contributed by atoms with Crippen molar-refractivity contribution in [2.24, 2.45) is 0 Å². The molecule has 130 valence electrons. The summed E-state index contributed by atoms with van der Waals surface area (Å²) in [6, 6.07) is 7.39. The standard InChI is InChI=1S/C17H20O7/c1-3-17(19)20-10-11-22-24-13-16-7-5-4-6-15(16)12-23-21-9-8-14(2)18/h3-7,14,18H,1,10-13H2,2H3. The Morgan fingerprint density at radius 1 is 1.21 bits per heavy atom. The number of carbonyl (C=O) groups excluding carboxylic acids is 1. The molecule has 0 saturated heterocycles. The van der Waals surface area contributed by atoms with Crippen LogP contribution in [0.1, 0.15) is 18.1 Å². The molecule has 0 amide bonds. The van der Waals surface area contributed by atoms with Gasteiger partial charge in [0.25, 0.3) is 0 Å². The van der Waals surface area contributed by atoms with E-state index in [1.165, 1.54) is 6.92 Å². The van der Waals surface area contributed by atoms with Gasteiger partial charge in [-0.25, -0.2) is 14.6 Å². The first-order valence-corrected chi connectivity index (χ1v) is 7.21. The lowest BCUT2D eigenvalue weighted by molar-refractivity contribution is -0.307. The molecule has 1 aromatic rings. The Kier molecular flexibility index (Phi) is 9.92. The molecule has 0 aliphatic heterocycles. The van der Waals surface area contributed by atoms with Gasteiger partial charge in [-0.05, 0) is 24.0 Å². The summed E-state index contributed by atoms with van der Waals surface area (Å²) in [5.74, 6) is 1.87. The highest BCUT2D eigenvalue weighted by Crippen LogP contribution is 2.11. The second-order valence-electron chi connectivity index (χ2n) is 4.49. The van der Waals surface area contributed by atoms with Crippen LogP contribution in [0.25, 0.3) is 0 Å². The first-order valence-electron chi connectivity index (χ1n) is 7.21. The molecule has 0 fully saturated rings. The Bertz CT molecular complexity index is 572. The summed E-state index contributed by atoms with van der Waals surface area (Å²) >= 11 is 0. The summed E-state index contributed by atoms with van der Waals surface area (Å²) in [6.45, 7) is 5.32. The largest absolute Gasteiger partial charge is 0.460 e. The molecule has 0 heterocycles. The maximum Gasteiger partial charge on any atom is 0.330 e. The van der Waals surface area contributed by atoms with E-state index < -0.39 is 12.1 Å². The van der Waals surface area contributed by atoms with E-state index in [1.807, 2.05) is 24.3 Å². The Balaban J connectivity index is 2.29. The van der Waals surface area contributed by atoms with Crippen LogP contribution in [-0.2, 0) is 42.3 Å². The number of carbonyl (C=O) groups is 1. The summed E-state index contributed by atoms with van der Waals surface area (Å²) in [6.07, 6.45) is 2.52. The molecule has 0 aliphatic carbocycles. The quantitative estimate of drug-likeness (QED) is 0.174. The minimum atomic E-state index is -0.780. The fourth-order valence-corrected chi connectivity index (χ4v) is 1.47. The number of hydrogen-bond donors (Lipinski definition) is 1. The fraction of sp³-hybridized carbons (Fsp3) is 0.353. The molecule has 0 bridgehead atoms. The van der Waals surface area contributed by atoms with E-state index in [0.717, 1.165) is 17.2 Å². The van der Waals surface area contributed by atoms with E-state index in [9.17, 15) is 4.79 Å². The molecule has 0 aromatic heterocycles. The molecular formula is C17H20O7. The van der Waals surface area contributed by atoms with Gasteiger partial charge in [-0.1, -0.05) is 30.8 Å². The van der Waals surface area contributed by atoms with Crippen molar-refractivity contribution in [3.05, 3.63) is 48.0 Å². The van der Waals surface area contributed by atoms with E-state index in [1.54, 1.807) is 0 Å². The van der Waals surface area contributed by atoms with Crippen LogP contribution >= 0.6 is 0 Å². The predicted molar refractivity (Wildman–Crippen MR) is 83.7 cm³/mol. The molecule has 24 heavy (non-hydrogen) atoms. The van der Waals surface area contributed by atoms with Crippen LogP contribution in [0.4, 0.5) is 0 Å². The van der Waals surface area contributed by atoms with E-state index >= 15 is 0 Å². The molecule has 0 radical (unpaired) electrons. The van der Waals surface area contributed by atoms with Crippen LogP contribution < -0.4 is 0 Å². The minimum absolute atomic E-state index is 0.0748. The zero-order chi connectivity index (χ0) is 17.6. The number of ether oxygens (including phenoxy) is 1. The Morgan fingerprint density at radius 3 is 2.50 bits per heavy atom. The van der Waals surface area contributed by atoms with Crippen molar-refractivity contribution in [1.29, 1.82) is 0 Å². The molecule has 1 N–H and O–H groups in total. The van der Waals surface area contributed by atoms with E-state index in [0.29, 0.717) is 0 Å². The molecule has 0 saturated carbocycles. The number of rotatable bonds is 10. The molecule has 0 aliphatic rings. The molecule has 7 nitrogen and oxygen atoms in total. The monoisotopic (exact) mass is 336 g/mol. The molecule has 7 heteroatoms. The van der Waals surface area contributed by atoms with Crippen LogP contribution in [0.15, 0.2) is 36.9 Å². The number of hydrogen-bond acceptors (Lipinski definition) is 7. The zero-order valence-corrected chi connectivity index (χ0v) is 13.4. The summed E-state index contributed by atoms with van der Waals surface area (Å²) in [4.78, 5) is 30.4. The summed E-state index contributed by atoms with van der Waals surface area (Å²) in [7, 11) is 0. The smallest absolute Gasteiger partial charge is 0.330 e. The first kappa shape index (κ1) is 19.7. The van der Waals surface area contributed by atoms with E-state index in [-0.39, 0.29) is 26.4 Å². The van der Waals surface area contributed by atoms with Gasteiger partial charge in [-0.3, -0.25) is 4.89 Å². The summed E-state index contributed by atoms with van der Waals surface area (Å²) in [5, 5.41) is 8.94. The van der Waals surface area contributed by atoms with Crippen molar-refractivity contribution in [2.45, 2.75) is 26.2 Å². The second-order valence-corrected chi connectivity index (χ2v) is 4.49. The lowest BCUT2D eigenvalue weighted by Gasteiger charge is -2.09. The lowest BCUT2D eigenvalue weighted by atomic mass is 10.1. The van der Waals surface area contributed by atoms with Crippen LogP contribution in [0.2, 0.25) is 0 Å². The highest BCUT2D eigenvalue weighted by molar-refractivity contribution is 5.81. The van der Waals surface area contributed by atoms with Gasteiger partial charge in [0.1, 0.15) is 32.5 Å². The van der Waals surface area contributed by atoms with Gasteiger partial charge in [0.15, 0.2) is 6.11 Å². The minimum Gasteiger partial charge on any atom is -0.460 e. The Hall–Kier alpha value is -2.37. The van der Waals surface area contributed by atoms with Gasteiger partial charge < -0.3 is 9.84 Å². The third kappa shape index (κ3) is 8.92. The average molecular weight is 336 g/mol. The Labute approximate surface area is 140 Å². The topological polar surface area (TPSA) is 83.5 Å². The maximum atomic E-state index is 10.8. The summed E-state index contributed by atoms with van der Waals surface area (Å²) < 4.78 is 4.73. The van der Waals surface area contributed by atoms with Crippen molar-refractivity contribution in [3.63, 3.8) is 0 Å². The number of esters is 1. The third-order valence-corrected chi connectivity index (χ3v) is 2.58. The molecule has 1 atom stereocenters. The van der Waals surface area contributed by atoms with Crippen LogP contribution in [0, 0.1) is 12.0 Å². The van der Waals surface area contributed by atoms with Gasteiger partial charge in [-0.2, -0.15) is 4.89 Å². The fourth-order valence-electron chi connectivity index (χ4n) is 1.47. The van der Waals surface area contributed by atoms with E-state index in [2.05, 4.69) is 23.5 Å². The normalized spacial score (nSPS) is 11.1. The lowest BCUT2D eigenvalue weighted by Crippen LogP contribution is -2.09. The highest BCUT2D eigenvalue weighted by atomic mass is 17.2. The van der Waals surface area contributed by atoms with Crippen LogP contribution in [0.3, 0.4) is 0 Å². The molecule has 1 rings (SSSR count). The SMILES string of the molecule is C=CC(=O)OCCOOCc1ccccc1COOC#CC(C)O. The number of aliphatic hydroxyl groups excluding tert-OH is 1. The predicted octanol–water partition coefficient (Wildman–Crippen LogP) is 1.65. The second kappa shape index (κ2) is 12.1. The molecule has 0 spiro atoms. The highest BCUT2D eigenvalue weighted by Gasteiger charge is 2.04. The first-order chi connectivity index (χ1) is 11.6. The van der Waals surface area contributed by atoms with Crippen molar-refractivity contribution in [2.75, 3.05) is 13.2 Å². The molecule has 1 unspecified atom stereocenters. The van der Waals surface area contributed by atoms with Crippen LogP contribution in [0.5, 0.6) is 0 Å². The maximum absolute atomic E-state index is 10.8. The summed E-state index contributed by atoms with van der Waals surface area (Å²) in [5.41, 5.74) is 1.67. The van der Waals surface area contributed by atoms with Gasteiger partial charge in [-0.15, -0.1) is 0 Å². The average Bonchev–Trinajstić information content (AvgIpc) is 2.58. The number of aliphatic hydroxyl groups is 1. The number of benzene rings is 1. The van der Waals surface area contributed by atoms with Gasteiger partial charge >= 0.3 is 5.97 Å². The Morgan fingerprint density at radius 2 is 1.88 bits per heavy atom. The zero-order valence-electron chi connectivity index (χ0n) is 13.4. The van der Waals surface area contributed by atoms with Crippen molar-refractivity contribution in [1.82, 2.24) is 0 Å². The molecular weight excluding hydrogens is 316 g/mol. The van der Waals surface area contributed by atoms with Crippen molar-refractivity contribution >= 4 is 5.97 Å². The third-order valence-electron chi connectivity index (χ3n) is 2.58. The van der Waals surface area contributed by atoms with Crippen LogP contribution in [-0.4, -0.2) is 30.4 Å². The van der Waals surface area contributed by atoms with E-state index in [4.69, 9.17) is 24.5 Å². The van der Waals surface area contributed by atoms with Gasteiger partial charge in [0.2, 0.25) is 0 Å². The van der Waals surface area contributed by atoms with Gasteiger partial charge in [0, 0.05) is 6.08 Å². The van der Waals surface area contributed by atoms with Gasteiger partial charge in [0.05, 0.1) is 0 Å². The molecule has 1 aromatic carbocycles.